The van der Waals surface area contributed by atoms with E-state index >= 15 is 0 Å². The molecule has 0 saturated carbocycles. The number of carbonyl (C=O) groups excluding carboxylic acids is 2. The van der Waals surface area contributed by atoms with Crippen molar-refractivity contribution in [3.8, 4) is 0 Å². The van der Waals surface area contributed by atoms with E-state index in [0.717, 1.165) is 9.87 Å². The van der Waals surface area contributed by atoms with Crippen molar-refractivity contribution < 1.29 is 32.2 Å². The van der Waals surface area contributed by atoms with E-state index < -0.39 is 40.2 Å². The average Bonchev–Trinajstić information content (AvgIpc) is 2.79. The number of sulfonamides is 1. The molecule has 1 heterocycles. The average molecular weight is 460 g/mol. The van der Waals surface area contributed by atoms with Gasteiger partial charge in [-0.3, -0.25) is 9.59 Å². The van der Waals surface area contributed by atoms with Crippen LogP contribution >= 0.6 is 0 Å². The Balaban J connectivity index is 2.03. The number of benzene rings is 2. The zero-order valence-corrected chi connectivity index (χ0v) is 18.6. The molecule has 1 aliphatic heterocycles. The smallest absolute Gasteiger partial charge is 0.316 e. The number of carbonyl (C=O) groups is 2. The standard InChI is InChI=1S/C23H25NO7S/c1-3-29-23(26)20-14-15-24(32(27,28)19-12-8-5-9-13-19)22(21(20)31-17(2)25)30-16-18-10-6-4-7-11-18/h4-15,20-22H,3,16H2,1-2H3/t20-,21-,22+/m0/s1. The highest BCUT2D eigenvalue weighted by molar-refractivity contribution is 7.89. The lowest BCUT2D eigenvalue weighted by Crippen LogP contribution is -2.54. The van der Waals surface area contributed by atoms with Crippen LogP contribution < -0.4 is 0 Å². The number of nitrogens with zero attached hydrogens (tertiary/aromatic N) is 1. The molecule has 0 bridgehead atoms. The zero-order chi connectivity index (χ0) is 23.1. The molecule has 0 unspecified atom stereocenters. The summed E-state index contributed by atoms with van der Waals surface area (Å²) >= 11 is 0. The van der Waals surface area contributed by atoms with Crippen LogP contribution in [-0.2, 0) is 40.4 Å². The Kier molecular flexibility index (Phi) is 7.66. The highest BCUT2D eigenvalue weighted by Gasteiger charge is 2.46. The van der Waals surface area contributed by atoms with Crippen molar-refractivity contribution in [3.63, 3.8) is 0 Å². The molecule has 0 aliphatic carbocycles. The normalized spacial score (nSPS) is 20.6. The Hall–Kier alpha value is -3.17. The SMILES string of the molecule is CCOC(=O)[C@H]1C=CN(S(=O)(=O)c2ccccc2)[C@H](OCc2ccccc2)[C@H]1OC(C)=O. The van der Waals surface area contributed by atoms with Crippen LogP contribution in [0.5, 0.6) is 0 Å². The number of ether oxygens (including phenoxy) is 3. The van der Waals surface area contributed by atoms with Crippen LogP contribution in [0.25, 0.3) is 0 Å². The lowest BCUT2D eigenvalue weighted by Gasteiger charge is -2.39. The molecule has 3 rings (SSSR count). The first-order valence-electron chi connectivity index (χ1n) is 10.1. The van der Waals surface area contributed by atoms with E-state index in [4.69, 9.17) is 14.2 Å². The van der Waals surface area contributed by atoms with Gasteiger partial charge in [-0.25, -0.2) is 12.7 Å². The van der Waals surface area contributed by atoms with Crippen molar-refractivity contribution in [2.45, 2.75) is 37.7 Å². The van der Waals surface area contributed by atoms with E-state index in [1.54, 1.807) is 25.1 Å². The van der Waals surface area contributed by atoms with E-state index in [0.29, 0.717) is 0 Å². The number of hydrogen-bond donors (Lipinski definition) is 0. The van der Waals surface area contributed by atoms with Crippen molar-refractivity contribution in [3.05, 3.63) is 78.5 Å². The van der Waals surface area contributed by atoms with Gasteiger partial charge in [0, 0.05) is 13.1 Å². The molecule has 0 N–H and O–H groups in total. The molecule has 0 aromatic heterocycles. The molecule has 2 aromatic rings. The second kappa shape index (κ2) is 10.4. The third kappa shape index (κ3) is 5.35. The molecule has 0 fully saturated rings. The van der Waals surface area contributed by atoms with Gasteiger partial charge >= 0.3 is 11.9 Å². The lowest BCUT2D eigenvalue weighted by molar-refractivity contribution is -0.178. The molecule has 32 heavy (non-hydrogen) atoms. The molecule has 8 nitrogen and oxygen atoms in total. The maximum Gasteiger partial charge on any atom is 0.316 e. The zero-order valence-electron chi connectivity index (χ0n) is 17.8. The van der Waals surface area contributed by atoms with Crippen LogP contribution in [0.1, 0.15) is 19.4 Å². The summed E-state index contributed by atoms with van der Waals surface area (Å²) in [7, 11) is -4.07. The van der Waals surface area contributed by atoms with Crippen molar-refractivity contribution in [2.75, 3.05) is 6.61 Å². The summed E-state index contributed by atoms with van der Waals surface area (Å²) in [6.45, 7) is 3.00. The van der Waals surface area contributed by atoms with Crippen LogP contribution in [0.15, 0.2) is 77.8 Å². The molecule has 9 heteroatoms. The monoisotopic (exact) mass is 459 g/mol. The quantitative estimate of drug-likeness (QED) is 0.560. The van der Waals surface area contributed by atoms with Crippen LogP contribution in [0, 0.1) is 5.92 Å². The summed E-state index contributed by atoms with van der Waals surface area (Å²) in [5.74, 6) is -2.34. The first-order valence-corrected chi connectivity index (χ1v) is 11.5. The van der Waals surface area contributed by atoms with Crippen LogP contribution in [0.3, 0.4) is 0 Å². The number of esters is 2. The summed E-state index contributed by atoms with van der Waals surface area (Å²) in [6, 6.07) is 16.9. The van der Waals surface area contributed by atoms with E-state index in [2.05, 4.69) is 0 Å². The summed E-state index contributed by atoms with van der Waals surface area (Å²) in [4.78, 5) is 24.4. The highest BCUT2D eigenvalue weighted by Crippen LogP contribution is 2.31. The summed E-state index contributed by atoms with van der Waals surface area (Å²) in [5.41, 5.74) is 0.786. The van der Waals surface area contributed by atoms with Gasteiger partial charge < -0.3 is 14.2 Å². The van der Waals surface area contributed by atoms with Gasteiger partial charge in [-0.15, -0.1) is 0 Å². The summed E-state index contributed by atoms with van der Waals surface area (Å²) in [6.07, 6.45) is 0.0936. The fraction of sp³-hybridized carbons (Fsp3) is 0.304. The van der Waals surface area contributed by atoms with E-state index in [-0.39, 0.29) is 18.1 Å². The largest absolute Gasteiger partial charge is 0.465 e. The Morgan fingerprint density at radius 2 is 1.62 bits per heavy atom. The Labute approximate surface area is 187 Å². The first kappa shape index (κ1) is 23.5. The Bertz CT molecular complexity index is 1050. The van der Waals surface area contributed by atoms with Gasteiger partial charge in [-0.05, 0) is 30.7 Å². The second-order valence-electron chi connectivity index (χ2n) is 7.03. The van der Waals surface area contributed by atoms with Crippen molar-refractivity contribution >= 4 is 22.0 Å². The minimum Gasteiger partial charge on any atom is -0.465 e. The molecular formula is C23H25NO7S. The topological polar surface area (TPSA) is 99.2 Å². The molecule has 0 spiro atoms. The molecule has 1 aliphatic rings. The van der Waals surface area contributed by atoms with Crippen molar-refractivity contribution in [1.29, 1.82) is 0 Å². The van der Waals surface area contributed by atoms with Crippen LogP contribution in [0.2, 0.25) is 0 Å². The van der Waals surface area contributed by atoms with Gasteiger partial charge in [0.1, 0.15) is 5.92 Å². The maximum absolute atomic E-state index is 13.4. The maximum atomic E-state index is 13.4. The molecule has 170 valence electrons. The highest BCUT2D eigenvalue weighted by atomic mass is 32.2. The molecule has 2 aromatic carbocycles. The molecule has 3 atom stereocenters. The second-order valence-corrected chi connectivity index (χ2v) is 8.87. The van der Waals surface area contributed by atoms with E-state index in [1.807, 2.05) is 30.3 Å². The predicted molar refractivity (Wildman–Crippen MR) is 115 cm³/mol. The lowest BCUT2D eigenvalue weighted by atomic mass is 9.98. The molecule has 0 amide bonds. The third-order valence-electron chi connectivity index (χ3n) is 4.77. The van der Waals surface area contributed by atoms with Gasteiger partial charge in [0.05, 0.1) is 18.1 Å². The molecule has 0 saturated heterocycles. The summed E-state index contributed by atoms with van der Waals surface area (Å²) < 4.78 is 44.2. The van der Waals surface area contributed by atoms with Gasteiger partial charge in [0.25, 0.3) is 10.0 Å². The Morgan fingerprint density at radius 1 is 1.00 bits per heavy atom. The van der Waals surface area contributed by atoms with Crippen LogP contribution in [0.4, 0.5) is 0 Å². The molecule has 0 radical (unpaired) electrons. The van der Waals surface area contributed by atoms with E-state index in [1.165, 1.54) is 31.3 Å². The van der Waals surface area contributed by atoms with Gasteiger partial charge in [0.15, 0.2) is 12.3 Å². The number of rotatable bonds is 8. The Morgan fingerprint density at radius 3 is 2.22 bits per heavy atom. The fourth-order valence-corrected chi connectivity index (χ4v) is 4.75. The third-order valence-corrected chi connectivity index (χ3v) is 6.52. The van der Waals surface area contributed by atoms with Crippen molar-refractivity contribution in [1.82, 2.24) is 4.31 Å². The molecular weight excluding hydrogens is 434 g/mol. The van der Waals surface area contributed by atoms with Gasteiger partial charge in [0.2, 0.25) is 0 Å². The minimum atomic E-state index is -4.07. The van der Waals surface area contributed by atoms with Crippen LogP contribution in [-0.4, -0.2) is 43.6 Å². The predicted octanol–water partition coefficient (Wildman–Crippen LogP) is 2.86. The van der Waals surface area contributed by atoms with Crippen molar-refractivity contribution in [2.24, 2.45) is 5.92 Å². The summed E-state index contributed by atoms with van der Waals surface area (Å²) in [5, 5.41) is 0. The first-order chi connectivity index (χ1) is 15.3. The minimum absolute atomic E-state index is 0.0352. The number of hydrogen-bond acceptors (Lipinski definition) is 7. The van der Waals surface area contributed by atoms with E-state index in [9.17, 15) is 18.0 Å². The fourth-order valence-electron chi connectivity index (χ4n) is 3.32. The van der Waals surface area contributed by atoms with Gasteiger partial charge in [-0.1, -0.05) is 48.5 Å². The van der Waals surface area contributed by atoms with Gasteiger partial charge in [-0.2, -0.15) is 0 Å².